The fourth-order valence-corrected chi connectivity index (χ4v) is 2.66. The van der Waals surface area contributed by atoms with Gasteiger partial charge in [0.2, 0.25) is 0 Å². The maximum Gasteiger partial charge on any atom is 0.0530 e. The third-order valence-corrected chi connectivity index (χ3v) is 3.79. The summed E-state index contributed by atoms with van der Waals surface area (Å²) in [5.41, 5.74) is 0.388. The molecule has 0 saturated carbocycles. The van der Waals surface area contributed by atoms with Gasteiger partial charge in [0, 0.05) is 17.4 Å². The molecule has 0 radical (unpaired) electrons. The van der Waals surface area contributed by atoms with E-state index in [4.69, 9.17) is 4.74 Å². The van der Waals surface area contributed by atoms with Crippen LogP contribution in [0.15, 0.2) is 0 Å². The smallest absolute Gasteiger partial charge is 0.0530 e. The van der Waals surface area contributed by atoms with Crippen LogP contribution in [0.2, 0.25) is 0 Å². The van der Waals surface area contributed by atoms with E-state index in [0.29, 0.717) is 5.41 Å². The van der Waals surface area contributed by atoms with Gasteiger partial charge in [0.05, 0.1) is 6.61 Å². The Morgan fingerprint density at radius 1 is 1.00 bits per heavy atom. The molecule has 0 unspecified atom stereocenters. The van der Waals surface area contributed by atoms with Crippen molar-refractivity contribution in [2.24, 2.45) is 5.41 Å². The van der Waals surface area contributed by atoms with Gasteiger partial charge >= 0.3 is 0 Å². The van der Waals surface area contributed by atoms with Crippen LogP contribution in [0.1, 0.15) is 52.9 Å². The van der Waals surface area contributed by atoms with Crippen LogP contribution in [0.5, 0.6) is 0 Å². The van der Waals surface area contributed by atoms with Gasteiger partial charge in [-0.15, -0.1) is 0 Å². The first kappa shape index (κ1) is 14.4. The maximum atomic E-state index is 5.71. The standard InChI is InChI=1S/C12H25BrO/c1-4-7-12(10-13,8-5-2)11-14-9-6-3/h4-11H2,1-3H3. The number of hydrogen-bond donors (Lipinski definition) is 0. The van der Waals surface area contributed by atoms with E-state index >= 15 is 0 Å². The topological polar surface area (TPSA) is 9.23 Å². The monoisotopic (exact) mass is 264 g/mol. The normalized spacial score (nSPS) is 12.0. The molecule has 0 rings (SSSR count). The third kappa shape index (κ3) is 5.35. The highest BCUT2D eigenvalue weighted by Crippen LogP contribution is 2.32. The van der Waals surface area contributed by atoms with E-state index in [1.54, 1.807) is 0 Å². The Hall–Kier alpha value is 0.440. The van der Waals surface area contributed by atoms with Crippen molar-refractivity contribution in [3.05, 3.63) is 0 Å². The minimum Gasteiger partial charge on any atom is -0.381 e. The summed E-state index contributed by atoms with van der Waals surface area (Å²) >= 11 is 3.65. The molecule has 0 aromatic rings. The lowest BCUT2D eigenvalue weighted by atomic mass is 9.82. The van der Waals surface area contributed by atoms with Crippen LogP contribution in [0.3, 0.4) is 0 Å². The van der Waals surface area contributed by atoms with E-state index in [0.717, 1.165) is 25.0 Å². The molecule has 0 atom stereocenters. The lowest BCUT2D eigenvalue weighted by molar-refractivity contribution is 0.0458. The molecule has 0 bridgehead atoms. The van der Waals surface area contributed by atoms with Crippen molar-refractivity contribution >= 4 is 15.9 Å². The van der Waals surface area contributed by atoms with Crippen molar-refractivity contribution in [2.75, 3.05) is 18.5 Å². The number of hydrogen-bond acceptors (Lipinski definition) is 1. The Balaban J connectivity index is 4.03. The van der Waals surface area contributed by atoms with Crippen LogP contribution in [0, 0.1) is 5.41 Å². The molecule has 0 aliphatic carbocycles. The summed E-state index contributed by atoms with van der Waals surface area (Å²) in [6.45, 7) is 8.51. The van der Waals surface area contributed by atoms with Gasteiger partial charge in [-0.2, -0.15) is 0 Å². The average molecular weight is 265 g/mol. The third-order valence-electron chi connectivity index (χ3n) is 2.60. The maximum absolute atomic E-state index is 5.71. The SMILES string of the molecule is CCCOCC(CBr)(CCC)CCC. The molecule has 0 heterocycles. The second-order valence-corrected chi connectivity index (χ2v) is 4.75. The van der Waals surface area contributed by atoms with Crippen molar-refractivity contribution in [1.29, 1.82) is 0 Å². The van der Waals surface area contributed by atoms with Gasteiger partial charge in [-0.25, -0.2) is 0 Å². The second kappa shape index (κ2) is 8.72. The first-order chi connectivity index (χ1) is 6.74. The molecule has 0 aromatic carbocycles. The molecule has 0 aliphatic rings. The van der Waals surface area contributed by atoms with Crippen LogP contribution < -0.4 is 0 Å². The molecule has 0 saturated heterocycles. The molecule has 0 fully saturated rings. The van der Waals surface area contributed by atoms with Gasteiger partial charge in [-0.05, 0) is 19.3 Å². The summed E-state index contributed by atoms with van der Waals surface area (Å²) in [4.78, 5) is 0. The average Bonchev–Trinajstić information content (AvgIpc) is 2.19. The van der Waals surface area contributed by atoms with Crippen LogP contribution in [0.25, 0.3) is 0 Å². The molecule has 0 amide bonds. The zero-order chi connectivity index (χ0) is 10.9. The first-order valence-electron chi connectivity index (χ1n) is 5.88. The minimum atomic E-state index is 0.388. The van der Waals surface area contributed by atoms with E-state index < -0.39 is 0 Å². The van der Waals surface area contributed by atoms with E-state index in [9.17, 15) is 0 Å². The predicted octanol–water partition coefficient (Wildman–Crippen LogP) is 4.39. The van der Waals surface area contributed by atoms with Crippen LogP contribution >= 0.6 is 15.9 Å². The van der Waals surface area contributed by atoms with Gasteiger partial charge in [-0.3, -0.25) is 0 Å². The van der Waals surface area contributed by atoms with Crippen molar-refractivity contribution in [3.63, 3.8) is 0 Å². The van der Waals surface area contributed by atoms with Gasteiger partial charge in [0.25, 0.3) is 0 Å². The minimum absolute atomic E-state index is 0.388. The van der Waals surface area contributed by atoms with Crippen molar-refractivity contribution < 1.29 is 4.74 Å². The molecule has 1 nitrogen and oxygen atoms in total. The van der Waals surface area contributed by atoms with E-state index in [2.05, 4.69) is 36.7 Å². The largest absolute Gasteiger partial charge is 0.381 e. The zero-order valence-corrected chi connectivity index (χ0v) is 11.5. The van der Waals surface area contributed by atoms with Gasteiger partial charge < -0.3 is 4.74 Å². The fraction of sp³-hybridized carbons (Fsp3) is 1.00. The van der Waals surface area contributed by atoms with Crippen LogP contribution in [0.4, 0.5) is 0 Å². The molecular formula is C12H25BrO. The molecule has 0 aliphatic heterocycles. The summed E-state index contributed by atoms with van der Waals surface area (Å²) in [6.07, 6.45) is 6.17. The lowest BCUT2D eigenvalue weighted by Gasteiger charge is -2.31. The first-order valence-corrected chi connectivity index (χ1v) is 7.00. The van der Waals surface area contributed by atoms with Crippen LogP contribution in [-0.4, -0.2) is 18.5 Å². The fourth-order valence-electron chi connectivity index (χ4n) is 1.94. The molecular weight excluding hydrogens is 240 g/mol. The summed E-state index contributed by atoms with van der Waals surface area (Å²) in [5, 5.41) is 1.07. The Bertz CT molecular complexity index is 119. The predicted molar refractivity (Wildman–Crippen MR) is 67.2 cm³/mol. The summed E-state index contributed by atoms with van der Waals surface area (Å²) in [7, 11) is 0. The highest BCUT2D eigenvalue weighted by atomic mass is 79.9. The Labute approximate surface area is 97.7 Å². The van der Waals surface area contributed by atoms with Gasteiger partial charge in [-0.1, -0.05) is 49.5 Å². The number of alkyl halides is 1. The van der Waals surface area contributed by atoms with Gasteiger partial charge in [0.1, 0.15) is 0 Å². The summed E-state index contributed by atoms with van der Waals surface area (Å²) in [5.74, 6) is 0. The number of rotatable bonds is 9. The highest BCUT2D eigenvalue weighted by Gasteiger charge is 2.27. The number of ether oxygens (including phenoxy) is 1. The van der Waals surface area contributed by atoms with Crippen molar-refractivity contribution in [2.45, 2.75) is 52.9 Å². The van der Waals surface area contributed by atoms with Crippen molar-refractivity contribution in [1.82, 2.24) is 0 Å². The van der Waals surface area contributed by atoms with E-state index in [1.807, 2.05) is 0 Å². The quantitative estimate of drug-likeness (QED) is 0.443. The Morgan fingerprint density at radius 2 is 1.57 bits per heavy atom. The lowest BCUT2D eigenvalue weighted by Crippen LogP contribution is -2.29. The number of halogens is 1. The molecule has 0 aromatic heterocycles. The van der Waals surface area contributed by atoms with Crippen molar-refractivity contribution in [3.8, 4) is 0 Å². The molecule has 86 valence electrons. The Morgan fingerprint density at radius 3 is 1.93 bits per heavy atom. The second-order valence-electron chi connectivity index (χ2n) is 4.19. The highest BCUT2D eigenvalue weighted by molar-refractivity contribution is 9.09. The summed E-state index contributed by atoms with van der Waals surface area (Å²) in [6, 6.07) is 0. The van der Waals surface area contributed by atoms with E-state index in [-0.39, 0.29) is 0 Å². The Kier molecular flexibility index (Phi) is 9.00. The molecule has 0 spiro atoms. The summed E-state index contributed by atoms with van der Waals surface area (Å²) < 4.78 is 5.71. The molecule has 0 N–H and O–H groups in total. The molecule has 14 heavy (non-hydrogen) atoms. The molecule has 2 heteroatoms. The zero-order valence-electron chi connectivity index (χ0n) is 9.94. The van der Waals surface area contributed by atoms with Crippen LogP contribution in [-0.2, 0) is 4.74 Å². The van der Waals surface area contributed by atoms with Gasteiger partial charge in [0.15, 0.2) is 0 Å². The van der Waals surface area contributed by atoms with E-state index in [1.165, 1.54) is 25.7 Å².